The minimum absolute atomic E-state index is 0.0922. The molecule has 0 bridgehead atoms. The molecule has 0 aliphatic carbocycles. The molecule has 0 saturated heterocycles. The van der Waals surface area contributed by atoms with E-state index in [1.165, 1.54) is 19.2 Å². The third-order valence-corrected chi connectivity index (χ3v) is 3.77. The van der Waals surface area contributed by atoms with Crippen molar-refractivity contribution in [3.8, 4) is 11.5 Å². The zero-order valence-corrected chi connectivity index (χ0v) is 14.2. The van der Waals surface area contributed by atoms with Crippen LogP contribution < -0.4 is 14.8 Å². The number of aromatic nitrogens is 1. The Bertz CT molecular complexity index is 714. The lowest BCUT2D eigenvalue weighted by atomic mass is 10.1. The van der Waals surface area contributed by atoms with Crippen LogP contribution >= 0.6 is 0 Å². The molecule has 1 heterocycles. The van der Waals surface area contributed by atoms with Gasteiger partial charge in [0.1, 0.15) is 6.04 Å². The molecule has 1 aromatic heterocycles. The van der Waals surface area contributed by atoms with E-state index in [1.807, 2.05) is 12.1 Å². The van der Waals surface area contributed by atoms with Crippen LogP contribution in [0.15, 0.2) is 42.7 Å². The van der Waals surface area contributed by atoms with Crippen LogP contribution in [0.2, 0.25) is 0 Å². The molecule has 140 valence electrons. The number of ether oxygens (including phenoxy) is 2. The number of nitrogens with one attached hydrogen (secondary N) is 1. The van der Waals surface area contributed by atoms with Gasteiger partial charge >= 0.3 is 12.6 Å². The minimum Gasteiger partial charge on any atom is -0.493 e. The van der Waals surface area contributed by atoms with Crippen LogP contribution in [0.3, 0.4) is 0 Å². The van der Waals surface area contributed by atoms with E-state index in [0.29, 0.717) is 18.4 Å². The lowest BCUT2D eigenvalue weighted by Gasteiger charge is -2.16. The first-order valence-corrected chi connectivity index (χ1v) is 7.96. The second-order valence-electron chi connectivity index (χ2n) is 5.53. The van der Waals surface area contributed by atoms with Gasteiger partial charge in [-0.2, -0.15) is 8.78 Å². The predicted molar refractivity (Wildman–Crippen MR) is 90.4 cm³/mol. The molecule has 0 radical (unpaired) electrons. The molecule has 8 heteroatoms. The third kappa shape index (κ3) is 5.96. The van der Waals surface area contributed by atoms with Crippen LogP contribution in [-0.2, 0) is 17.8 Å². The highest BCUT2D eigenvalue weighted by molar-refractivity contribution is 5.73. The Kier molecular flexibility index (Phi) is 7.28. The molecule has 0 fully saturated rings. The lowest BCUT2D eigenvalue weighted by molar-refractivity contribution is -0.139. The summed E-state index contributed by atoms with van der Waals surface area (Å²) in [7, 11) is 1.35. The van der Waals surface area contributed by atoms with E-state index in [9.17, 15) is 18.7 Å². The van der Waals surface area contributed by atoms with E-state index in [1.54, 1.807) is 18.5 Å². The Morgan fingerprint density at radius 3 is 2.54 bits per heavy atom. The average Bonchev–Trinajstić information content (AvgIpc) is 2.62. The number of pyridine rings is 1. The number of benzene rings is 1. The Balaban J connectivity index is 1.98. The van der Waals surface area contributed by atoms with Crippen molar-refractivity contribution < 1.29 is 28.2 Å². The Labute approximate surface area is 149 Å². The number of rotatable bonds is 10. The van der Waals surface area contributed by atoms with Crippen LogP contribution in [-0.4, -0.2) is 35.8 Å². The summed E-state index contributed by atoms with van der Waals surface area (Å²) in [6.07, 6.45) is 4.27. The smallest absolute Gasteiger partial charge is 0.387 e. The zero-order valence-electron chi connectivity index (χ0n) is 14.2. The van der Waals surface area contributed by atoms with Gasteiger partial charge in [-0.1, -0.05) is 6.07 Å². The van der Waals surface area contributed by atoms with Gasteiger partial charge in [-0.3, -0.25) is 9.78 Å². The van der Waals surface area contributed by atoms with E-state index in [0.717, 1.165) is 5.56 Å². The fourth-order valence-corrected chi connectivity index (χ4v) is 2.43. The summed E-state index contributed by atoms with van der Waals surface area (Å²) in [5.41, 5.74) is 1.60. The van der Waals surface area contributed by atoms with Gasteiger partial charge in [0.25, 0.3) is 0 Å². The molecule has 1 atom stereocenters. The highest BCUT2D eigenvalue weighted by Gasteiger charge is 2.17. The van der Waals surface area contributed by atoms with Crippen LogP contribution in [0.5, 0.6) is 11.5 Å². The van der Waals surface area contributed by atoms with Crippen molar-refractivity contribution >= 4 is 5.97 Å². The van der Waals surface area contributed by atoms with E-state index in [4.69, 9.17) is 4.74 Å². The van der Waals surface area contributed by atoms with Gasteiger partial charge in [0.15, 0.2) is 11.5 Å². The number of hydrogen-bond acceptors (Lipinski definition) is 5. The first kappa shape index (κ1) is 19.6. The van der Waals surface area contributed by atoms with E-state index in [-0.39, 0.29) is 18.0 Å². The SMILES string of the molecule is COc1ccc(CNC(CCc2ccncc2)C(=O)O)cc1OC(F)F. The number of hydrogen-bond donors (Lipinski definition) is 2. The molecular weight excluding hydrogens is 346 g/mol. The first-order chi connectivity index (χ1) is 12.5. The molecule has 2 aromatic rings. The number of halogens is 2. The number of carboxylic acids is 1. The zero-order chi connectivity index (χ0) is 18.9. The van der Waals surface area contributed by atoms with Crippen molar-refractivity contribution in [2.45, 2.75) is 32.0 Å². The largest absolute Gasteiger partial charge is 0.493 e. The molecule has 1 unspecified atom stereocenters. The summed E-state index contributed by atoms with van der Waals surface area (Å²) in [5, 5.41) is 12.3. The van der Waals surface area contributed by atoms with Crippen molar-refractivity contribution in [1.29, 1.82) is 0 Å². The van der Waals surface area contributed by atoms with Crippen LogP contribution in [0, 0.1) is 0 Å². The Hall–Kier alpha value is -2.74. The van der Waals surface area contributed by atoms with Gasteiger partial charge in [0.05, 0.1) is 7.11 Å². The van der Waals surface area contributed by atoms with Crippen LogP contribution in [0.4, 0.5) is 8.78 Å². The van der Waals surface area contributed by atoms with E-state index >= 15 is 0 Å². The molecule has 1 aromatic carbocycles. The maximum atomic E-state index is 12.5. The van der Waals surface area contributed by atoms with Crippen molar-refractivity contribution in [3.63, 3.8) is 0 Å². The Morgan fingerprint density at radius 2 is 1.92 bits per heavy atom. The number of carboxylic acid groups (broad SMARTS) is 1. The normalized spacial score (nSPS) is 12.0. The number of alkyl halides is 2. The summed E-state index contributed by atoms with van der Waals surface area (Å²) in [6, 6.07) is 7.45. The summed E-state index contributed by atoms with van der Waals surface area (Å²) in [6.45, 7) is -2.78. The minimum atomic E-state index is -2.97. The fraction of sp³-hybridized carbons (Fsp3) is 0.333. The highest BCUT2D eigenvalue weighted by atomic mass is 19.3. The second kappa shape index (κ2) is 9.67. The van der Waals surface area contributed by atoms with Gasteiger partial charge in [-0.05, 0) is 48.2 Å². The van der Waals surface area contributed by atoms with Gasteiger partial charge in [0, 0.05) is 18.9 Å². The fourth-order valence-electron chi connectivity index (χ4n) is 2.43. The molecule has 26 heavy (non-hydrogen) atoms. The highest BCUT2D eigenvalue weighted by Crippen LogP contribution is 2.29. The van der Waals surface area contributed by atoms with Crippen LogP contribution in [0.1, 0.15) is 17.5 Å². The molecule has 2 rings (SSSR count). The van der Waals surface area contributed by atoms with Crippen molar-refractivity contribution in [3.05, 3.63) is 53.9 Å². The second-order valence-corrected chi connectivity index (χ2v) is 5.53. The maximum Gasteiger partial charge on any atom is 0.387 e. The van der Waals surface area contributed by atoms with Gasteiger partial charge in [0.2, 0.25) is 0 Å². The molecule has 6 nitrogen and oxygen atoms in total. The molecular formula is C18H20F2N2O4. The summed E-state index contributed by atoms with van der Waals surface area (Å²) >= 11 is 0. The summed E-state index contributed by atoms with van der Waals surface area (Å²) in [5.74, 6) is -0.886. The Morgan fingerprint density at radius 1 is 1.19 bits per heavy atom. The molecule has 0 saturated carbocycles. The number of methoxy groups -OCH3 is 1. The quantitative estimate of drug-likeness (QED) is 0.673. The summed E-state index contributed by atoms with van der Waals surface area (Å²) < 4.78 is 34.4. The average molecular weight is 366 g/mol. The first-order valence-electron chi connectivity index (χ1n) is 7.96. The van der Waals surface area contributed by atoms with Gasteiger partial charge < -0.3 is 19.9 Å². The van der Waals surface area contributed by atoms with Gasteiger partial charge in [-0.25, -0.2) is 0 Å². The lowest BCUT2D eigenvalue weighted by Crippen LogP contribution is -2.36. The van der Waals surface area contributed by atoms with Crippen molar-refractivity contribution in [1.82, 2.24) is 10.3 Å². The molecule has 0 aliphatic heterocycles. The van der Waals surface area contributed by atoms with Crippen molar-refractivity contribution in [2.24, 2.45) is 0 Å². The predicted octanol–water partition coefficient (Wildman–Crippen LogP) is 2.87. The molecule has 2 N–H and O–H groups in total. The maximum absolute atomic E-state index is 12.5. The molecule has 0 amide bonds. The topological polar surface area (TPSA) is 80.7 Å². The monoisotopic (exact) mass is 366 g/mol. The molecule has 0 aliphatic rings. The number of nitrogens with zero attached hydrogens (tertiary/aromatic N) is 1. The number of carbonyl (C=O) groups is 1. The van der Waals surface area contributed by atoms with Crippen LogP contribution in [0.25, 0.3) is 0 Å². The van der Waals surface area contributed by atoms with E-state index in [2.05, 4.69) is 15.0 Å². The van der Waals surface area contributed by atoms with Crippen molar-refractivity contribution in [2.75, 3.05) is 7.11 Å². The third-order valence-electron chi connectivity index (χ3n) is 3.77. The number of aliphatic carboxylic acids is 1. The molecule has 0 spiro atoms. The number of aryl methyl sites for hydroxylation is 1. The van der Waals surface area contributed by atoms with E-state index < -0.39 is 18.6 Å². The standard InChI is InChI=1S/C18H20F2N2O4/c1-25-15-5-3-13(10-16(15)26-18(19)20)11-22-14(17(23)24)4-2-12-6-8-21-9-7-12/h3,5-10,14,18,22H,2,4,11H2,1H3,(H,23,24). The van der Waals surface area contributed by atoms with Gasteiger partial charge in [-0.15, -0.1) is 0 Å². The summed E-state index contributed by atoms with van der Waals surface area (Å²) in [4.78, 5) is 15.4.